The Labute approximate surface area is 370 Å². The first-order valence-corrected chi connectivity index (χ1v) is 25.1. The first-order valence-electron chi connectivity index (χ1n) is 17.8. The molecule has 55 heavy (non-hydrogen) atoms. The van der Waals surface area contributed by atoms with Gasteiger partial charge in [-0.3, -0.25) is 4.79 Å². The summed E-state index contributed by atoms with van der Waals surface area (Å²) >= 11 is -3.65. The van der Waals surface area contributed by atoms with E-state index in [4.69, 9.17) is 15.8 Å². The quantitative estimate of drug-likeness (QED) is 0.0496. The van der Waals surface area contributed by atoms with Crippen LogP contribution in [-0.2, 0) is 107 Å². The number of aliphatic hydroxyl groups is 2. The monoisotopic (exact) mass is 1140 g/mol. The van der Waals surface area contributed by atoms with Crippen LogP contribution < -0.4 is 5.32 Å². The number of carbonyl (C=O) groups excluding carboxylic acids is 1. The standard InChI is InChI=1S/C19H42O3Si.C13H27NO6Si.3Fe.2H2O.5O.Os/c1-3-4-5-6-7-8-9-10-11-12-13-14-15-16-17-18-19-23(20,21)22-2;1-12(16)6-5-10(9-13(12,2)17)11(15)14-7-4-8-21(18,19)20-3;;;;;;;;;;;/h20-21H,3-19H2,1-2H3;10,16-19H,4-9H2,1-3H3,(H,14,15);;;;2*1H2;;;;;;/q;;+2;2*+3;;;;4*-2;+2/p-2. The Morgan fingerprint density at radius 3 is 1.29 bits per heavy atom. The summed E-state index contributed by atoms with van der Waals surface area (Å²) in [7, 11) is -4.20. The van der Waals surface area contributed by atoms with E-state index in [1.54, 1.807) is 13.8 Å². The van der Waals surface area contributed by atoms with Crippen LogP contribution in [0.15, 0.2) is 0 Å². The molecule has 0 aromatic heterocycles. The minimum absolute atomic E-state index is 0. The Morgan fingerprint density at radius 2 is 0.982 bits per heavy atom. The molecule has 9 N–H and O–H groups in total. The molecule has 3 atom stereocenters. The fourth-order valence-electron chi connectivity index (χ4n) is 5.53. The molecule has 0 bridgehead atoms. The molecule has 1 saturated carbocycles. The average molecular weight is 1140 g/mol. The number of carbonyl (C=O) groups is 1. The van der Waals surface area contributed by atoms with E-state index in [9.17, 15) is 34.2 Å². The van der Waals surface area contributed by atoms with Crippen molar-refractivity contribution in [2.75, 3.05) is 20.8 Å². The zero-order chi connectivity index (χ0) is 37.1. The summed E-state index contributed by atoms with van der Waals surface area (Å²) < 4.78 is 32.6. The van der Waals surface area contributed by atoms with E-state index in [1.807, 2.05) is 0 Å². The van der Waals surface area contributed by atoms with Crippen molar-refractivity contribution in [3.8, 4) is 0 Å². The summed E-state index contributed by atoms with van der Waals surface area (Å²) in [5, 5.41) is 23.0. The molecule has 0 aliphatic heterocycles. The molecule has 17 nitrogen and oxygen atoms in total. The van der Waals surface area contributed by atoms with Gasteiger partial charge in [0, 0.05) is 38.8 Å². The molecule has 1 aliphatic rings. The molecule has 1 aliphatic carbocycles. The van der Waals surface area contributed by atoms with Gasteiger partial charge in [-0.1, -0.05) is 103 Å². The number of amides is 1. The second kappa shape index (κ2) is 44.9. The molecule has 23 heteroatoms. The molecular formula is C32H71Fe3NO16OsSi2. The van der Waals surface area contributed by atoms with Crippen molar-refractivity contribution in [1.82, 2.24) is 5.32 Å². The van der Waals surface area contributed by atoms with Gasteiger partial charge in [0.05, 0.1) is 11.2 Å². The van der Waals surface area contributed by atoms with E-state index >= 15 is 0 Å². The Kier molecular flexibility index (Phi) is 62.8. The van der Waals surface area contributed by atoms with Gasteiger partial charge in [0.1, 0.15) is 0 Å². The third-order valence-electron chi connectivity index (χ3n) is 9.14. The number of hydrogen-bond donors (Lipinski definition) is 9. The summed E-state index contributed by atoms with van der Waals surface area (Å²) in [6.45, 7) is 5.73. The molecule has 0 aromatic carbocycles. The molecule has 0 saturated heterocycles. The van der Waals surface area contributed by atoms with Crippen LogP contribution >= 0.6 is 0 Å². The first kappa shape index (κ1) is 77.0. The van der Waals surface area contributed by atoms with E-state index in [2.05, 4.69) is 16.7 Å². The van der Waals surface area contributed by atoms with E-state index in [-0.39, 0.29) is 97.4 Å². The van der Waals surface area contributed by atoms with Crippen LogP contribution in [0.1, 0.15) is 149 Å². The van der Waals surface area contributed by atoms with Crippen molar-refractivity contribution in [2.24, 2.45) is 5.92 Å². The molecule has 0 spiro atoms. The van der Waals surface area contributed by atoms with E-state index < -0.39 is 45.7 Å². The predicted molar refractivity (Wildman–Crippen MR) is 188 cm³/mol. The average Bonchev–Trinajstić information content (AvgIpc) is 3.00. The molecule has 0 heterocycles. The third-order valence-corrected chi connectivity index (χ3v) is 12.5. The second-order valence-corrected chi connectivity index (χ2v) is 19.8. The Morgan fingerprint density at radius 1 is 0.673 bits per heavy atom. The summed E-state index contributed by atoms with van der Waals surface area (Å²) in [4.78, 5) is 49.6. The van der Waals surface area contributed by atoms with E-state index in [1.165, 1.54) is 104 Å². The molecule has 3 unspecified atom stereocenters. The zero-order valence-electron chi connectivity index (χ0n) is 33.1. The summed E-state index contributed by atoms with van der Waals surface area (Å²) in [5.41, 5.74) is -2.47. The van der Waals surface area contributed by atoms with Crippen molar-refractivity contribution in [1.29, 1.82) is 0 Å². The molecule has 2 radical (unpaired) electrons. The van der Waals surface area contributed by atoms with Crippen LogP contribution in [-0.4, -0.2) is 92.7 Å². The van der Waals surface area contributed by atoms with Crippen molar-refractivity contribution < 1.29 is 144 Å². The van der Waals surface area contributed by atoms with E-state index in [0.717, 1.165) is 12.8 Å². The van der Waals surface area contributed by atoms with E-state index in [0.29, 0.717) is 31.9 Å². The van der Waals surface area contributed by atoms with Gasteiger partial charge in [-0.05, 0) is 46.0 Å². The van der Waals surface area contributed by atoms with Gasteiger partial charge in [0.25, 0.3) is 0 Å². The predicted octanol–water partition coefficient (Wildman–Crippen LogP) is 3.46. The molecule has 1 fully saturated rings. The summed E-state index contributed by atoms with van der Waals surface area (Å²) in [6.07, 6.45) is 22.8. The van der Waals surface area contributed by atoms with Gasteiger partial charge in [0.15, 0.2) is 0 Å². The summed E-state index contributed by atoms with van der Waals surface area (Å²) in [5.74, 6) is -0.515. The normalized spacial score (nSPS) is 18.7. The Balaban J connectivity index is -0.0000000896. The van der Waals surface area contributed by atoms with Crippen LogP contribution in [0, 0.1) is 5.92 Å². The second-order valence-electron chi connectivity index (χ2n) is 13.5. The van der Waals surface area contributed by atoms with Crippen molar-refractivity contribution in [3.05, 3.63) is 0 Å². The number of rotatable bonds is 24. The summed E-state index contributed by atoms with van der Waals surface area (Å²) in [6, 6.07) is 0.572. The first-order chi connectivity index (χ1) is 22.4. The molecule has 0 aromatic rings. The topological polar surface area (TPSA) is 340 Å². The fraction of sp³-hybridized carbons (Fsp3) is 0.969. The molecular weight excluding hydrogens is 1070 g/mol. The maximum absolute atomic E-state index is 12.0. The number of unbranched alkanes of at least 4 members (excludes halogenated alkanes) is 15. The maximum atomic E-state index is 12.0. The Hall–Kier alpha value is 1.34. The van der Waals surface area contributed by atoms with Crippen LogP contribution in [0.2, 0.25) is 12.1 Å². The fourth-order valence-corrected chi connectivity index (χ4v) is 7.29. The van der Waals surface area contributed by atoms with Gasteiger partial charge in [-0.15, -0.1) is 0 Å². The van der Waals surface area contributed by atoms with Gasteiger partial charge >= 0.3 is 97.1 Å². The van der Waals surface area contributed by atoms with Crippen LogP contribution in [0.5, 0.6) is 0 Å². The van der Waals surface area contributed by atoms with Gasteiger partial charge in [-0.25, -0.2) is 0 Å². The van der Waals surface area contributed by atoms with Crippen LogP contribution in [0.4, 0.5) is 0 Å². The SMILES string of the molecule is CCCCCCCCCCCCCCCCCC[Si](O)(O)OC.CO[Si](O)(O)CCCNC(=O)C1CCC(C)(O)C(C)(O)C1.[Fe+2].[Fe+3].[Fe+3].[O-2].[O-2].[O-2].[O-2].[O]=[Os]([OH])[OH]. The minimum atomic E-state index is -3.65. The Bertz CT molecular complexity index is 842. The van der Waals surface area contributed by atoms with Crippen molar-refractivity contribution >= 4 is 23.5 Å². The van der Waals surface area contributed by atoms with Gasteiger partial charge < -0.3 is 65.5 Å². The molecule has 340 valence electrons. The zero-order valence-corrected chi connectivity index (χ0v) is 41.0. The van der Waals surface area contributed by atoms with Crippen molar-refractivity contribution in [3.63, 3.8) is 0 Å². The van der Waals surface area contributed by atoms with Gasteiger partial charge in [-0.2, -0.15) is 0 Å². The van der Waals surface area contributed by atoms with Crippen molar-refractivity contribution in [2.45, 2.75) is 172 Å². The third kappa shape index (κ3) is 46.3. The van der Waals surface area contributed by atoms with Gasteiger partial charge in [0.2, 0.25) is 5.91 Å². The molecule has 1 amide bonds. The number of hydrogen-bond acceptors (Lipinski definition) is 10. The van der Waals surface area contributed by atoms with Crippen LogP contribution in [0.25, 0.3) is 0 Å². The van der Waals surface area contributed by atoms with Crippen LogP contribution in [0.3, 0.4) is 0 Å². The molecule has 1 rings (SSSR count). The number of nitrogens with one attached hydrogen (secondary N) is 1.